The molecular formula is C10H20N2. The highest BCUT2D eigenvalue weighted by Gasteiger charge is 2.34. The van der Waals surface area contributed by atoms with E-state index in [-0.39, 0.29) is 6.97 Å². The Labute approximate surface area is 76.8 Å². The molecule has 1 fully saturated rings. The molecule has 0 aliphatic carbocycles. The maximum atomic E-state index is 5.35. The second-order valence-electron chi connectivity index (χ2n) is 3.53. The van der Waals surface area contributed by atoms with Crippen LogP contribution in [-0.2, 0) is 0 Å². The lowest BCUT2D eigenvalue weighted by molar-refractivity contribution is 0.303. The summed E-state index contributed by atoms with van der Waals surface area (Å²) in [5, 5.41) is 3.36. The van der Waals surface area contributed by atoms with Gasteiger partial charge in [-0.3, -0.25) is 0 Å². The maximum absolute atomic E-state index is 5.35. The van der Waals surface area contributed by atoms with Gasteiger partial charge in [0.25, 0.3) is 0 Å². The lowest BCUT2D eigenvalue weighted by atomic mass is 9.95. The van der Waals surface area contributed by atoms with Crippen molar-refractivity contribution in [2.45, 2.75) is 25.3 Å². The maximum Gasteiger partial charge on any atom is 0.0428 e. The van der Waals surface area contributed by atoms with Crippen molar-refractivity contribution >= 4 is 0 Å². The molecule has 1 rings (SSSR count). The minimum absolute atomic E-state index is 0. The lowest BCUT2D eigenvalue weighted by Gasteiger charge is -2.26. The van der Waals surface area contributed by atoms with Gasteiger partial charge in [0.1, 0.15) is 0 Å². The summed E-state index contributed by atoms with van der Waals surface area (Å²) in [6.07, 6.45) is 7.38. The summed E-state index contributed by atoms with van der Waals surface area (Å²) in [7, 11) is 2.01. The van der Waals surface area contributed by atoms with E-state index in [9.17, 15) is 0 Å². The molecule has 0 saturated carbocycles. The second kappa shape index (κ2) is 3.93. The van der Waals surface area contributed by atoms with Gasteiger partial charge in [-0.15, -0.1) is 12.3 Å². The van der Waals surface area contributed by atoms with Crippen molar-refractivity contribution < 1.29 is 1.43 Å². The first-order valence-electron chi connectivity index (χ1n) is 4.61. The Hall–Kier alpha value is -0.520. The van der Waals surface area contributed by atoms with Gasteiger partial charge in [-0.1, -0.05) is 6.92 Å². The van der Waals surface area contributed by atoms with E-state index in [2.05, 4.69) is 23.1 Å². The number of hydrogen-bond donors (Lipinski definition) is 1. The molecule has 0 aromatic heterocycles. The normalized spacial score (nSPS) is 30.4. The van der Waals surface area contributed by atoms with E-state index < -0.39 is 0 Å². The zero-order valence-corrected chi connectivity index (χ0v) is 8.06. The largest absolute Gasteiger partial charge is 0.312 e. The molecule has 12 heavy (non-hydrogen) atoms. The average molecular weight is 168 g/mol. The van der Waals surface area contributed by atoms with Crippen molar-refractivity contribution in [3.63, 3.8) is 0 Å². The Bertz CT molecular complexity index is 188. The fourth-order valence-electron chi connectivity index (χ4n) is 1.86. The van der Waals surface area contributed by atoms with Gasteiger partial charge in [0.2, 0.25) is 0 Å². The van der Waals surface area contributed by atoms with Crippen LogP contribution in [0.15, 0.2) is 0 Å². The topological polar surface area (TPSA) is 15.3 Å². The number of terminal acetylenes is 1. The van der Waals surface area contributed by atoms with Crippen LogP contribution in [0.25, 0.3) is 0 Å². The van der Waals surface area contributed by atoms with Crippen LogP contribution in [0.2, 0.25) is 0 Å². The van der Waals surface area contributed by atoms with E-state index in [0.29, 0.717) is 0 Å². The third-order valence-electron chi connectivity index (χ3n) is 2.85. The molecule has 0 radical (unpaired) electrons. The Balaban J connectivity index is 0.00000144. The van der Waals surface area contributed by atoms with Crippen molar-refractivity contribution in [3.05, 3.63) is 0 Å². The van der Waals surface area contributed by atoms with Crippen LogP contribution < -0.4 is 5.32 Å². The minimum atomic E-state index is 0. The minimum Gasteiger partial charge on any atom is -0.312 e. The highest BCUT2D eigenvalue weighted by atomic mass is 15.2. The number of hydrogen-bond acceptors (Lipinski definition) is 2. The van der Waals surface area contributed by atoms with Crippen molar-refractivity contribution in [2.75, 3.05) is 26.7 Å². The van der Waals surface area contributed by atoms with Gasteiger partial charge in [-0.25, -0.2) is 0 Å². The Morgan fingerprint density at radius 3 is 2.92 bits per heavy atom. The molecule has 2 heteroatoms. The molecule has 1 N–H and O–H groups in total. The highest BCUT2D eigenvalue weighted by Crippen LogP contribution is 2.23. The monoisotopic (exact) mass is 168 g/mol. The van der Waals surface area contributed by atoms with Gasteiger partial charge in [-0.2, -0.15) is 0 Å². The summed E-state index contributed by atoms with van der Waals surface area (Å²) >= 11 is 0. The van der Waals surface area contributed by atoms with E-state index in [1.165, 1.54) is 13.0 Å². The Kier molecular flexibility index (Phi) is 3.13. The van der Waals surface area contributed by atoms with Crippen LogP contribution in [0.3, 0.4) is 0 Å². The standard InChI is InChI=1S/C10H18N2.H2/c1-4-6-10(11-3)7-8-12(5-2)9-10;/h1,11H,5-9H2,2-3H3;1H. The molecular weight excluding hydrogens is 148 g/mol. The number of likely N-dealkylation sites (tertiary alicyclic amines) is 1. The molecule has 70 valence electrons. The second-order valence-corrected chi connectivity index (χ2v) is 3.53. The van der Waals surface area contributed by atoms with E-state index in [0.717, 1.165) is 19.5 Å². The average Bonchev–Trinajstić information content (AvgIpc) is 2.50. The van der Waals surface area contributed by atoms with Crippen LogP contribution in [0, 0.1) is 12.3 Å². The van der Waals surface area contributed by atoms with E-state index >= 15 is 0 Å². The molecule has 0 aromatic carbocycles. The smallest absolute Gasteiger partial charge is 0.0428 e. The summed E-state index contributed by atoms with van der Waals surface area (Å²) in [5.41, 5.74) is 0.199. The molecule has 1 unspecified atom stereocenters. The van der Waals surface area contributed by atoms with Crippen LogP contribution in [0.5, 0.6) is 0 Å². The zero-order chi connectivity index (χ0) is 9.03. The van der Waals surface area contributed by atoms with Crippen LogP contribution >= 0.6 is 0 Å². The van der Waals surface area contributed by atoms with Crippen LogP contribution in [0.4, 0.5) is 0 Å². The zero-order valence-electron chi connectivity index (χ0n) is 8.06. The number of nitrogens with zero attached hydrogens (tertiary/aromatic N) is 1. The third-order valence-corrected chi connectivity index (χ3v) is 2.85. The summed E-state index contributed by atoms with van der Waals surface area (Å²) in [4.78, 5) is 2.44. The quantitative estimate of drug-likeness (QED) is 0.631. The van der Waals surface area contributed by atoms with E-state index in [4.69, 9.17) is 6.42 Å². The SMILES string of the molecule is C#CCC1(NC)CCN(CC)C1.[HH]. The molecule has 1 atom stereocenters. The molecule has 0 spiro atoms. The number of rotatable bonds is 3. The first-order valence-corrected chi connectivity index (χ1v) is 4.61. The predicted octanol–water partition coefficient (Wildman–Crippen LogP) is 0.940. The van der Waals surface area contributed by atoms with Gasteiger partial charge in [-0.05, 0) is 20.0 Å². The third kappa shape index (κ3) is 1.80. The lowest BCUT2D eigenvalue weighted by Crippen LogP contribution is -2.45. The summed E-state index contributed by atoms with van der Waals surface area (Å²) in [6, 6.07) is 0. The molecule has 2 nitrogen and oxygen atoms in total. The van der Waals surface area contributed by atoms with Gasteiger partial charge in [0.15, 0.2) is 0 Å². The Morgan fingerprint density at radius 2 is 2.50 bits per heavy atom. The predicted molar refractivity (Wildman–Crippen MR) is 54.1 cm³/mol. The van der Waals surface area contributed by atoms with Crippen molar-refractivity contribution in [1.82, 2.24) is 10.2 Å². The summed E-state index contributed by atoms with van der Waals surface area (Å²) in [5.74, 6) is 2.76. The molecule has 1 aliphatic heterocycles. The summed E-state index contributed by atoms with van der Waals surface area (Å²) in [6.45, 7) is 5.61. The van der Waals surface area contributed by atoms with Gasteiger partial charge in [0, 0.05) is 26.5 Å². The van der Waals surface area contributed by atoms with Crippen LogP contribution in [-0.4, -0.2) is 37.1 Å². The number of nitrogens with one attached hydrogen (secondary N) is 1. The first-order chi connectivity index (χ1) is 5.76. The van der Waals surface area contributed by atoms with E-state index in [1.807, 2.05) is 7.05 Å². The first kappa shape index (κ1) is 9.57. The van der Waals surface area contributed by atoms with Gasteiger partial charge >= 0.3 is 0 Å². The molecule has 0 amide bonds. The molecule has 1 aliphatic rings. The molecule has 1 heterocycles. The van der Waals surface area contributed by atoms with Crippen molar-refractivity contribution in [2.24, 2.45) is 0 Å². The molecule has 0 bridgehead atoms. The van der Waals surface area contributed by atoms with E-state index in [1.54, 1.807) is 0 Å². The Morgan fingerprint density at radius 1 is 1.75 bits per heavy atom. The van der Waals surface area contributed by atoms with Gasteiger partial charge in [0.05, 0.1) is 0 Å². The fourth-order valence-corrected chi connectivity index (χ4v) is 1.86. The summed E-state index contributed by atoms with van der Waals surface area (Å²) < 4.78 is 0. The van der Waals surface area contributed by atoms with Crippen molar-refractivity contribution in [3.8, 4) is 12.3 Å². The molecule has 1 saturated heterocycles. The van der Waals surface area contributed by atoms with Gasteiger partial charge < -0.3 is 10.2 Å². The molecule has 0 aromatic rings. The number of likely N-dealkylation sites (N-methyl/N-ethyl adjacent to an activating group) is 2. The van der Waals surface area contributed by atoms with Crippen molar-refractivity contribution in [1.29, 1.82) is 0 Å². The van der Waals surface area contributed by atoms with Crippen LogP contribution in [0.1, 0.15) is 21.2 Å². The fraction of sp³-hybridized carbons (Fsp3) is 0.800. The highest BCUT2D eigenvalue weighted by molar-refractivity contribution is 5.04.